The lowest BCUT2D eigenvalue weighted by Crippen LogP contribution is -2.20. The zero-order valence-corrected chi connectivity index (χ0v) is 11.0. The first kappa shape index (κ1) is 13.1. The van der Waals surface area contributed by atoms with Crippen molar-refractivity contribution in [3.8, 4) is 0 Å². The molecule has 0 saturated heterocycles. The van der Waals surface area contributed by atoms with Gasteiger partial charge in [0.1, 0.15) is 0 Å². The molecule has 1 nitrogen and oxygen atoms in total. The maximum Gasteiger partial charge on any atom is 0.0292 e. The smallest absolute Gasteiger partial charge is 0.0292 e. The quantitative estimate of drug-likeness (QED) is 0.842. The van der Waals surface area contributed by atoms with E-state index in [9.17, 15) is 0 Å². The number of hydrogen-bond acceptors (Lipinski definition) is 1. The SMILES string of the molecule is Br.C[C@@H](NCCBr)c1ccccc1. The van der Waals surface area contributed by atoms with Gasteiger partial charge in [0, 0.05) is 17.9 Å². The summed E-state index contributed by atoms with van der Waals surface area (Å²) < 4.78 is 0. The van der Waals surface area contributed by atoms with Crippen molar-refractivity contribution in [2.45, 2.75) is 13.0 Å². The minimum absolute atomic E-state index is 0. The fraction of sp³-hybridized carbons (Fsp3) is 0.400. The van der Waals surface area contributed by atoms with E-state index in [1.165, 1.54) is 5.56 Å². The van der Waals surface area contributed by atoms with Gasteiger partial charge in [-0.15, -0.1) is 17.0 Å². The van der Waals surface area contributed by atoms with Gasteiger partial charge in [-0.3, -0.25) is 0 Å². The van der Waals surface area contributed by atoms with E-state index in [0.29, 0.717) is 6.04 Å². The van der Waals surface area contributed by atoms with Crippen LogP contribution in [0.25, 0.3) is 0 Å². The molecule has 1 aromatic carbocycles. The average Bonchev–Trinajstić information content (AvgIpc) is 2.15. The minimum Gasteiger partial charge on any atom is -0.309 e. The Balaban J connectivity index is 0.00000144. The van der Waals surface area contributed by atoms with E-state index >= 15 is 0 Å². The molecule has 74 valence electrons. The van der Waals surface area contributed by atoms with Crippen molar-refractivity contribution >= 4 is 32.9 Å². The van der Waals surface area contributed by atoms with Crippen molar-refractivity contribution in [2.75, 3.05) is 11.9 Å². The van der Waals surface area contributed by atoms with Gasteiger partial charge in [0.05, 0.1) is 0 Å². The first-order chi connectivity index (χ1) is 5.84. The maximum atomic E-state index is 3.40. The zero-order chi connectivity index (χ0) is 8.81. The van der Waals surface area contributed by atoms with E-state index in [2.05, 4.69) is 52.4 Å². The van der Waals surface area contributed by atoms with Crippen LogP contribution >= 0.6 is 32.9 Å². The molecule has 0 aromatic heterocycles. The third-order valence-corrected chi connectivity index (χ3v) is 2.24. The van der Waals surface area contributed by atoms with Crippen LogP contribution < -0.4 is 5.32 Å². The number of hydrogen-bond donors (Lipinski definition) is 1. The second kappa shape index (κ2) is 7.54. The van der Waals surface area contributed by atoms with E-state index in [-0.39, 0.29) is 17.0 Å². The summed E-state index contributed by atoms with van der Waals surface area (Å²) in [6.45, 7) is 3.19. The molecule has 0 amide bonds. The Morgan fingerprint density at radius 2 is 1.92 bits per heavy atom. The third kappa shape index (κ3) is 4.79. The van der Waals surface area contributed by atoms with E-state index < -0.39 is 0 Å². The van der Waals surface area contributed by atoms with Gasteiger partial charge in [0.25, 0.3) is 0 Å². The van der Waals surface area contributed by atoms with Gasteiger partial charge in [-0.1, -0.05) is 46.3 Å². The summed E-state index contributed by atoms with van der Waals surface area (Å²) in [6, 6.07) is 10.9. The highest BCUT2D eigenvalue weighted by molar-refractivity contribution is 9.09. The molecule has 13 heavy (non-hydrogen) atoms. The summed E-state index contributed by atoms with van der Waals surface area (Å²) in [7, 11) is 0. The molecule has 3 heteroatoms. The van der Waals surface area contributed by atoms with Crippen LogP contribution in [0.1, 0.15) is 18.5 Å². The van der Waals surface area contributed by atoms with Crippen LogP contribution in [0.15, 0.2) is 30.3 Å². The molecule has 0 spiro atoms. The summed E-state index contributed by atoms with van der Waals surface area (Å²) in [6.07, 6.45) is 0. The van der Waals surface area contributed by atoms with Gasteiger partial charge < -0.3 is 5.32 Å². The molecule has 0 aliphatic carbocycles. The molecule has 0 saturated carbocycles. The van der Waals surface area contributed by atoms with Gasteiger partial charge in [0.2, 0.25) is 0 Å². The van der Waals surface area contributed by atoms with Crippen LogP contribution in [-0.4, -0.2) is 11.9 Å². The van der Waals surface area contributed by atoms with Crippen molar-refractivity contribution in [3.05, 3.63) is 35.9 Å². The Labute approximate surface area is 98.8 Å². The lowest BCUT2D eigenvalue weighted by atomic mass is 10.1. The molecular formula is C10H15Br2N. The highest BCUT2D eigenvalue weighted by Crippen LogP contribution is 2.10. The molecule has 0 fully saturated rings. The summed E-state index contributed by atoms with van der Waals surface area (Å²) in [5, 5.41) is 4.41. The Bertz CT molecular complexity index is 213. The van der Waals surface area contributed by atoms with Crippen LogP contribution in [0.5, 0.6) is 0 Å². The number of alkyl halides is 1. The first-order valence-electron chi connectivity index (χ1n) is 4.19. The average molecular weight is 309 g/mol. The molecule has 0 aliphatic heterocycles. The zero-order valence-electron chi connectivity index (χ0n) is 7.66. The fourth-order valence-electron chi connectivity index (χ4n) is 1.13. The molecular weight excluding hydrogens is 294 g/mol. The fourth-order valence-corrected chi connectivity index (χ4v) is 1.36. The Morgan fingerprint density at radius 1 is 1.31 bits per heavy atom. The second-order valence-corrected chi connectivity index (χ2v) is 3.57. The monoisotopic (exact) mass is 307 g/mol. The predicted octanol–water partition coefficient (Wildman–Crippen LogP) is 3.31. The van der Waals surface area contributed by atoms with E-state index in [0.717, 1.165) is 11.9 Å². The second-order valence-electron chi connectivity index (χ2n) is 2.78. The number of halogens is 2. The summed E-state index contributed by atoms with van der Waals surface area (Å²) in [4.78, 5) is 0. The molecule has 1 atom stereocenters. The summed E-state index contributed by atoms with van der Waals surface area (Å²) in [5.74, 6) is 0. The van der Waals surface area contributed by atoms with Gasteiger partial charge in [-0.25, -0.2) is 0 Å². The Hall–Kier alpha value is 0.140. The van der Waals surface area contributed by atoms with E-state index in [1.54, 1.807) is 0 Å². The molecule has 1 N–H and O–H groups in total. The van der Waals surface area contributed by atoms with Gasteiger partial charge in [-0.05, 0) is 12.5 Å². The maximum absolute atomic E-state index is 3.40. The molecule has 0 radical (unpaired) electrons. The molecule has 0 aliphatic rings. The van der Waals surface area contributed by atoms with Crippen molar-refractivity contribution in [1.82, 2.24) is 5.32 Å². The van der Waals surface area contributed by atoms with Crippen molar-refractivity contribution < 1.29 is 0 Å². The number of benzene rings is 1. The highest BCUT2D eigenvalue weighted by atomic mass is 79.9. The van der Waals surface area contributed by atoms with E-state index in [1.807, 2.05) is 6.07 Å². The van der Waals surface area contributed by atoms with Crippen LogP contribution in [0, 0.1) is 0 Å². The van der Waals surface area contributed by atoms with Gasteiger partial charge in [-0.2, -0.15) is 0 Å². The standard InChI is InChI=1S/C10H14BrN.BrH/c1-9(12-8-7-11)10-5-3-2-4-6-10;/h2-6,9,12H,7-8H2,1H3;1H/t9-;/m1./s1. The normalized spacial score (nSPS) is 11.8. The van der Waals surface area contributed by atoms with E-state index in [4.69, 9.17) is 0 Å². The number of rotatable bonds is 4. The lowest BCUT2D eigenvalue weighted by molar-refractivity contribution is 0.602. The van der Waals surface area contributed by atoms with Crippen molar-refractivity contribution in [3.63, 3.8) is 0 Å². The highest BCUT2D eigenvalue weighted by Gasteiger charge is 2.01. The number of nitrogens with one attached hydrogen (secondary N) is 1. The van der Waals surface area contributed by atoms with Crippen LogP contribution in [0.2, 0.25) is 0 Å². The third-order valence-electron chi connectivity index (χ3n) is 1.84. The first-order valence-corrected chi connectivity index (χ1v) is 5.31. The molecule has 0 heterocycles. The Kier molecular flexibility index (Phi) is 7.62. The Morgan fingerprint density at radius 3 is 2.46 bits per heavy atom. The van der Waals surface area contributed by atoms with Crippen LogP contribution in [0.4, 0.5) is 0 Å². The predicted molar refractivity (Wildman–Crippen MR) is 67.0 cm³/mol. The topological polar surface area (TPSA) is 12.0 Å². The van der Waals surface area contributed by atoms with Crippen molar-refractivity contribution in [1.29, 1.82) is 0 Å². The van der Waals surface area contributed by atoms with Crippen molar-refractivity contribution in [2.24, 2.45) is 0 Å². The summed E-state index contributed by atoms with van der Waals surface area (Å²) >= 11 is 3.39. The summed E-state index contributed by atoms with van der Waals surface area (Å²) in [5.41, 5.74) is 1.35. The largest absolute Gasteiger partial charge is 0.309 e. The molecule has 0 unspecified atom stereocenters. The van der Waals surface area contributed by atoms with Crippen LogP contribution in [-0.2, 0) is 0 Å². The van der Waals surface area contributed by atoms with Gasteiger partial charge in [0.15, 0.2) is 0 Å². The lowest BCUT2D eigenvalue weighted by Gasteiger charge is -2.12. The molecule has 1 rings (SSSR count). The minimum atomic E-state index is 0. The molecule has 1 aromatic rings. The van der Waals surface area contributed by atoms with Crippen LogP contribution in [0.3, 0.4) is 0 Å². The molecule has 0 bridgehead atoms. The van der Waals surface area contributed by atoms with Gasteiger partial charge >= 0.3 is 0 Å².